The van der Waals surface area contributed by atoms with Gasteiger partial charge >= 0.3 is 18.9 Å². The second-order valence-corrected chi connectivity index (χ2v) is 4.91. The van der Waals surface area contributed by atoms with Gasteiger partial charge in [-0.1, -0.05) is 62.4 Å². The van der Waals surface area contributed by atoms with Gasteiger partial charge in [0.1, 0.15) is 0 Å². The molecule has 1 aliphatic rings. The van der Waals surface area contributed by atoms with Crippen LogP contribution in [0, 0.1) is 0 Å². The molecule has 0 radical (unpaired) electrons. The van der Waals surface area contributed by atoms with Gasteiger partial charge in [0.05, 0.1) is 0 Å². The van der Waals surface area contributed by atoms with Gasteiger partial charge in [0.15, 0.2) is 0 Å². The Morgan fingerprint density at radius 1 is 0.850 bits per heavy atom. The van der Waals surface area contributed by atoms with E-state index in [-0.39, 0.29) is 18.9 Å². The summed E-state index contributed by atoms with van der Waals surface area (Å²) in [6.45, 7) is 5.60. The Bertz CT molecular complexity index is 562. The molecule has 98 valence electrons. The molecule has 0 spiro atoms. The van der Waals surface area contributed by atoms with E-state index in [2.05, 4.69) is 12.1 Å². The Morgan fingerprint density at radius 3 is 1.65 bits per heavy atom. The molecule has 20 heavy (non-hydrogen) atoms. The molecule has 0 unspecified atom stereocenters. The summed E-state index contributed by atoms with van der Waals surface area (Å²) < 4.78 is 0. The number of hydrogen-bond donors (Lipinski definition) is 0. The number of nitrogens with zero attached hydrogens (tertiary/aromatic N) is 1. The van der Waals surface area contributed by atoms with Crippen LogP contribution in [-0.4, -0.2) is 18.0 Å². The third-order valence-corrected chi connectivity index (χ3v) is 4.08. The van der Waals surface area contributed by atoms with Gasteiger partial charge in [0.2, 0.25) is 0 Å². The van der Waals surface area contributed by atoms with Crippen molar-refractivity contribution in [1.29, 1.82) is 0 Å². The van der Waals surface area contributed by atoms with Crippen molar-refractivity contribution in [3.8, 4) is 11.1 Å². The van der Waals surface area contributed by atoms with Crippen LogP contribution in [0.25, 0.3) is 11.1 Å². The first-order chi connectivity index (χ1) is 9.23. The number of rotatable bonds is 3. The molecule has 3 rings (SSSR count). The fourth-order valence-corrected chi connectivity index (χ4v) is 3.18. The normalized spacial score (nSPS) is 14.6. The van der Waals surface area contributed by atoms with Crippen molar-refractivity contribution >= 4 is 0 Å². The van der Waals surface area contributed by atoms with Crippen LogP contribution in [0.3, 0.4) is 0 Å². The molecule has 0 fully saturated rings. The Hall–Kier alpha value is -1.04. The van der Waals surface area contributed by atoms with Gasteiger partial charge in [-0.15, -0.1) is 0 Å². The van der Waals surface area contributed by atoms with E-state index in [1.165, 1.54) is 0 Å². The summed E-state index contributed by atoms with van der Waals surface area (Å²) in [5.41, 5.74) is 2.70. The second kappa shape index (κ2) is 5.75. The number of fused-ring (bicyclic) bond motifs is 3. The van der Waals surface area contributed by atoms with Gasteiger partial charge in [-0.05, 0) is 41.1 Å². The molecule has 0 saturated carbocycles. The Balaban J connectivity index is 0.00000147. The summed E-state index contributed by atoms with van der Waals surface area (Å²) in [6, 6.07) is 16.0. The van der Waals surface area contributed by atoms with E-state index >= 15 is 0 Å². The number of benzene rings is 2. The standard InChI is InChI=1S/C17H18NO.Li/c1-3-18(4-2)17(19)15-11-7-5-9-13(15)14-10-6-8-12-16(14)17;/h5-12H,3-4H2,1-2H3;/q-1;+1. The molecule has 2 aromatic rings. The fraction of sp³-hybridized carbons (Fsp3) is 0.294. The van der Waals surface area contributed by atoms with Gasteiger partial charge in [-0.3, -0.25) is 0 Å². The van der Waals surface area contributed by atoms with Gasteiger partial charge in [-0.25, -0.2) is 0 Å². The van der Waals surface area contributed by atoms with Crippen molar-refractivity contribution in [3.63, 3.8) is 0 Å². The van der Waals surface area contributed by atoms with E-state index in [0.29, 0.717) is 0 Å². The van der Waals surface area contributed by atoms with E-state index < -0.39 is 5.72 Å². The van der Waals surface area contributed by atoms with Crippen LogP contribution in [-0.2, 0) is 5.72 Å². The first-order valence-electron chi connectivity index (χ1n) is 6.88. The summed E-state index contributed by atoms with van der Waals surface area (Å²) in [7, 11) is 0. The zero-order valence-corrected chi connectivity index (χ0v) is 12.4. The van der Waals surface area contributed by atoms with Gasteiger partial charge in [-0.2, -0.15) is 0 Å². The van der Waals surface area contributed by atoms with Gasteiger partial charge in [0, 0.05) is 0 Å². The summed E-state index contributed by atoms with van der Waals surface area (Å²) in [5, 5.41) is 13.6. The topological polar surface area (TPSA) is 26.3 Å². The molecule has 0 atom stereocenters. The number of hydrogen-bond acceptors (Lipinski definition) is 2. The molecular weight excluding hydrogens is 241 g/mol. The van der Waals surface area contributed by atoms with E-state index in [0.717, 1.165) is 35.3 Å². The average Bonchev–Trinajstić information content (AvgIpc) is 2.72. The zero-order chi connectivity index (χ0) is 13.5. The molecule has 3 heteroatoms. The molecule has 1 aliphatic carbocycles. The van der Waals surface area contributed by atoms with E-state index in [1.54, 1.807) is 0 Å². The first-order valence-corrected chi connectivity index (χ1v) is 6.88. The van der Waals surface area contributed by atoms with E-state index in [1.807, 2.05) is 55.1 Å². The largest absolute Gasteiger partial charge is 1.00 e. The Morgan fingerprint density at radius 2 is 1.25 bits per heavy atom. The van der Waals surface area contributed by atoms with Crippen molar-refractivity contribution in [2.24, 2.45) is 0 Å². The molecule has 0 aromatic heterocycles. The molecule has 2 nitrogen and oxygen atoms in total. The minimum absolute atomic E-state index is 0. The Kier molecular flexibility index (Phi) is 4.42. The van der Waals surface area contributed by atoms with Crippen LogP contribution in [0.1, 0.15) is 25.0 Å². The maximum Gasteiger partial charge on any atom is 1.00 e. The van der Waals surface area contributed by atoms with Crippen LogP contribution in [0.2, 0.25) is 0 Å². The molecular formula is C17H18LiNO. The van der Waals surface area contributed by atoms with Crippen LogP contribution in [0.4, 0.5) is 0 Å². The second-order valence-electron chi connectivity index (χ2n) is 4.91. The molecule has 0 N–H and O–H groups in total. The van der Waals surface area contributed by atoms with Crippen LogP contribution in [0.15, 0.2) is 48.5 Å². The summed E-state index contributed by atoms with van der Waals surface area (Å²) in [6.07, 6.45) is 0. The van der Waals surface area contributed by atoms with Crippen LogP contribution >= 0.6 is 0 Å². The maximum atomic E-state index is 13.6. The van der Waals surface area contributed by atoms with Crippen LogP contribution < -0.4 is 24.0 Å². The molecule has 0 aliphatic heterocycles. The minimum atomic E-state index is -1.24. The smallest absolute Gasteiger partial charge is 0.831 e. The zero-order valence-electron chi connectivity index (χ0n) is 12.4. The summed E-state index contributed by atoms with van der Waals surface area (Å²) in [4.78, 5) is 2.00. The van der Waals surface area contributed by atoms with Gasteiger partial charge in [0.25, 0.3) is 0 Å². The fourth-order valence-electron chi connectivity index (χ4n) is 3.18. The van der Waals surface area contributed by atoms with Crippen molar-refractivity contribution < 1.29 is 24.0 Å². The van der Waals surface area contributed by atoms with Gasteiger partial charge < -0.3 is 10.0 Å². The van der Waals surface area contributed by atoms with Crippen molar-refractivity contribution in [3.05, 3.63) is 59.7 Å². The third-order valence-electron chi connectivity index (χ3n) is 4.08. The van der Waals surface area contributed by atoms with Crippen LogP contribution in [0.5, 0.6) is 0 Å². The quantitative estimate of drug-likeness (QED) is 0.552. The third kappa shape index (κ3) is 1.96. The molecule has 2 aromatic carbocycles. The summed E-state index contributed by atoms with van der Waals surface area (Å²) in [5.74, 6) is 0. The maximum absolute atomic E-state index is 13.6. The molecule has 0 amide bonds. The monoisotopic (exact) mass is 259 g/mol. The minimum Gasteiger partial charge on any atom is -0.831 e. The molecule has 0 bridgehead atoms. The van der Waals surface area contributed by atoms with Crippen molar-refractivity contribution in [1.82, 2.24) is 4.90 Å². The van der Waals surface area contributed by atoms with Crippen molar-refractivity contribution in [2.75, 3.05) is 13.1 Å². The first kappa shape index (κ1) is 15.3. The predicted molar refractivity (Wildman–Crippen MR) is 75.6 cm³/mol. The van der Waals surface area contributed by atoms with E-state index in [9.17, 15) is 5.11 Å². The van der Waals surface area contributed by atoms with Crippen molar-refractivity contribution in [2.45, 2.75) is 19.6 Å². The SMILES string of the molecule is CCN(CC)C1([O-])c2ccccc2-c2ccccc21.[Li+]. The summed E-state index contributed by atoms with van der Waals surface area (Å²) >= 11 is 0. The predicted octanol–water partition coefficient (Wildman–Crippen LogP) is -0.426. The van der Waals surface area contributed by atoms with E-state index in [4.69, 9.17) is 0 Å². The Labute approximate surface area is 132 Å². The molecule has 0 saturated heterocycles. The molecule has 0 heterocycles. The average molecular weight is 259 g/mol.